The first-order valence-corrected chi connectivity index (χ1v) is 3.62. The second kappa shape index (κ2) is 3.36. The van der Waals surface area contributed by atoms with Gasteiger partial charge in [0.15, 0.2) is 0 Å². The van der Waals surface area contributed by atoms with Gasteiger partial charge in [-0.15, -0.1) is 0 Å². The molecule has 66 valence electrons. The molecule has 0 bridgehead atoms. The number of nitrogens with two attached hydrogens (primary N) is 1. The number of carbonyl (C=O) groups is 1. The number of hydrogen-bond acceptors (Lipinski definition) is 3. The monoisotopic (exact) mass is 168 g/mol. The summed E-state index contributed by atoms with van der Waals surface area (Å²) in [5.41, 5.74) is 6.30. The molecule has 12 heavy (non-hydrogen) atoms. The van der Waals surface area contributed by atoms with Crippen molar-refractivity contribution < 1.29 is 4.79 Å². The Hall–Kier alpha value is -1.36. The van der Waals surface area contributed by atoms with Crippen LogP contribution in [0, 0.1) is 0 Å². The molecule has 5 heteroatoms. The topological polar surface area (TPSA) is 72.9 Å². The number of nitrogens with zero attached hydrogens (tertiary/aromatic N) is 2. The molecule has 1 rings (SSSR count). The van der Waals surface area contributed by atoms with Gasteiger partial charge in [-0.05, 0) is 13.1 Å². The van der Waals surface area contributed by atoms with Crippen molar-refractivity contribution in [2.75, 3.05) is 7.05 Å². The van der Waals surface area contributed by atoms with Crippen molar-refractivity contribution in [3.8, 4) is 0 Å². The van der Waals surface area contributed by atoms with Crippen LogP contribution in [0.15, 0.2) is 6.07 Å². The molecule has 0 fully saturated rings. The second-order valence-electron chi connectivity index (χ2n) is 2.54. The summed E-state index contributed by atoms with van der Waals surface area (Å²) in [5.74, 6) is -0.493. The molecule has 0 aliphatic heterocycles. The molecule has 0 saturated heterocycles. The summed E-state index contributed by atoms with van der Waals surface area (Å²) < 4.78 is 1.64. The van der Waals surface area contributed by atoms with E-state index in [0.29, 0.717) is 12.2 Å². The van der Waals surface area contributed by atoms with E-state index in [9.17, 15) is 4.79 Å². The molecular formula is C7H12N4O. The van der Waals surface area contributed by atoms with Crippen molar-refractivity contribution in [3.63, 3.8) is 0 Å². The Labute approximate surface area is 70.5 Å². The average Bonchev–Trinajstić information content (AvgIpc) is 2.34. The van der Waals surface area contributed by atoms with Gasteiger partial charge in [-0.25, -0.2) is 0 Å². The minimum absolute atomic E-state index is 0.308. The van der Waals surface area contributed by atoms with Gasteiger partial charge in [-0.3, -0.25) is 9.48 Å². The first-order valence-electron chi connectivity index (χ1n) is 3.62. The van der Waals surface area contributed by atoms with Crippen LogP contribution in [0.2, 0.25) is 0 Å². The lowest BCUT2D eigenvalue weighted by Gasteiger charge is -1.97. The van der Waals surface area contributed by atoms with Gasteiger partial charge in [-0.2, -0.15) is 5.10 Å². The Morgan fingerprint density at radius 1 is 1.83 bits per heavy atom. The lowest BCUT2D eigenvalue weighted by molar-refractivity contribution is 0.0995. The van der Waals surface area contributed by atoms with Crippen LogP contribution >= 0.6 is 0 Å². The lowest BCUT2D eigenvalue weighted by Crippen LogP contribution is -2.12. The fraction of sp³-hybridized carbons (Fsp3) is 0.429. The SMILES string of the molecule is CNCc1cc(C(N)=O)nn1C. The molecule has 1 aromatic heterocycles. The van der Waals surface area contributed by atoms with E-state index in [0.717, 1.165) is 5.69 Å². The van der Waals surface area contributed by atoms with Gasteiger partial charge in [0.05, 0.1) is 5.69 Å². The molecule has 0 spiro atoms. The molecule has 5 nitrogen and oxygen atoms in total. The van der Waals surface area contributed by atoms with E-state index in [1.165, 1.54) is 0 Å². The standard InChI is InChI=1S/C7H12N4O/c1-9-4-5-3-6(7(8)12)10-11(5)2/h3,9H,4H2,1-2H3,(H2,8,12). The van der Waals surface area contributed by atoms with Gasteiger partial charge < -0.3 is 11.1 Å². The summed E-state index contributed by atoms with van der Waals surface area (Å²) in [4.78, 5) is 10.7. The molecule has 1 aromatic rings. The molecule has 1 heterocycles. The van der Waals surface area contributed by atoms with E-state index in [1.54, 1.807) is 17.8 Å². The number of amides is 1. The average molecular weight is 168 g/mol. The van der Waals surface area contributed by atoms with Crippen molar-refractivity contribution in [1.82, 2.24) is 15.1 Å². The fourth-order valence-electron chi connectivity index (χ4n) is 0.973. The van der Waals surface area contributed by atoms with E-state index in [1.807, 2.05) is 7.05 Å². The summed E-state index contributed by atoms with van der Waals surface area (Å²) in [7, 11) is 3.61. The van der Waals surface area contributed by atoms with Crippen LogP contribution in [0.5, 0.6) is 0 Å². The summed E-state index contributed by atoms with van der Waals surface area (Å²) in [5, 5.41) is 6.90. The highest BCUT2D eigenvalue weighted by Crippen LogP contribution is 2.01. The zero-order valence-corrected chi connectivity index (χ0v) is 7.16. The molecule has 3 N–H and O–H groups in total. The van der Waals surface area contributed by atoms with Crippen LogP contribution in [-0.4, -0.2) is 22.7 Å². The number of rotatable bonds is 3. The van der Waals surface area contributed by atoms with Crippen LogP contribution in [0.25, 0.3) is 0 Å². The van der Waals surface area contributed by atoms with Crippen molar-refractivity contribution in [2.24, 2.45) is 12.8 Å². The van der Waals surface area contributed by atoms with Gasteiger partial charge in [0.1, 0.15) is 5.69 Å². The summed E-state index contributed by atoms with van der Waals surface area (Å²) in [6, 6.07) is 1.68. The predicted octanol–water partition coefficient (Wildman–Crippen LogP) is -0.762. The van der Waals surface area contributed by atoms with Crippen molar-refractivity contribution in [3.05, 3.63) is 17.5 Å². The Morgan fingerprint density at radius 3 is 2.92 bits per heavy atom. The Balaban J connectivity index is 2.92. The molecule has 0 saturated carbocycles. The molecule has 0 atom stereocenters. The van der Waals surface area contributed by atoms with E-state index in [-0.39, 0.29) is 0 Å². The summed E-state index contributed by atoms with van der Waals surface area (Å²) in [6.45, 7) is 0.677. The van der Waals surface area contributed by atoms with Crippen LogP contribution in [0.1, 0.15) is 16.2 Å². The third-order valence-electron chi connectivity index (χ3n) is 1.59. The lowest BCUT2D eigenvalue weighted by atomic mass is 10.3. The normalized spacial score (nSPS) is 10.2. The zero-order valence-electron chi connectivity index (χ0n) is 7.16. The molecule has 0 aliphatic rings. The maximum atomic E-state index is 10.7. The van der Waals surface area contributed by atoms with Gasteiger partial charge in [0.25, 0.3) is 5.91 Å². The molecule has 1 amide bonds. The van der Waals surface area contributed by atoms with Gasteiger partial charge in [0.2, 0.25) is 0 Å². The number of carbonyl (C=O) groups excluding carboxylic acids is 1. The van der Waals surface area contributed by atoms with Crippen LogP contribution in [0.3, 0.4) is 0 Å². The van der Waals surface area contributed by atoms with Gasteiger partial charge in [0, 0.05) is 13.6 Å². The van der Waals surface area contributed by atoms with Crippen molar-refractivity contribution in [1.29, 1.82) is 0 Å². The van der Waals surface area contributed by atoms with Gasteiger partial charge in [-0.1, -0.05) is 0 Å². The van der Waals surface area contributed by atoms with Crippen LogP contribution < -0.4 is 11.1 Å². The minimum Gasteiger partial charge on any atom is -0.364 e. The van der Waals surface area contributed by atoms with E-state index >= 15 is 0 Å². The third-order valence-corrected chi connectivity index (χ3v) is 1.59. The number of primary amides is 1. The van der Waals surface area contributed by atoms with E-state index in [2.05, 4.69) is 10.4 Å². The second-order valence-corrected chi connectivity index (χ2v) is 2.54. The van der Waals surface area contributed by atoms with Crippen LogP contribution in [0.4, 0.5) is 0 Å². The van der Waals surface area contributed by atoms with Crippen molar-refractivity contribution in [2.45, 2.75) is 6.54 Å². The number of nitrogens with one attached hydrogen (secondary N) is 1. The molecule has 0 aromatic carbocycles. The smallest absolute Gasteiger partial charge is 0.269 e. The molecular weight excluding hydrogens is 156 g/mol. The van der Waals surface area contributed by atoms with E-state index < -0.39 is 5.91 Å². The van der Waals surface area contributed by atoms with Crippen LogP contribution in [-0.2, 0) is 13.6 Å². The predicted molar refractivity (Wildman–Crippen MR) is 44.5 cm³/mol. The first kappa shape index (κ1) is 8.73. The zero-order chi connectivity index (χ0) is 9.14. The van der Waals surface area contributed by atoms with E-state index in [4.69, 9.17) is 5.73 Å². The molecule has 0 radical (unpaired) electrons. The molecule has 0 unspecified atom stereocenters. The quantitative estimate of drug-likeness (QED) is 0.623. The number of hydrogen-bond donors (Lipinski definition) is 2. The molecule has 0 aliphatic carbocycles. The number of aromatic nitrogens is 2. The van der Waals surface area contributed by atoms with Gasteiger partial charge >= 0.3 is 0 Å². The Morgan fingerprint density at radius 2 is 2.50 bits per heavy atom. The highest BCUT2D eigenvalue weighted by Gasteiger charge is 2.07. The third kappa shape index (κ3) is 1.62. The Bertz CT molecular complexity index is 292. The number of aryl methyl sites for hydroxylation is 1. The minimum atomic E-state index is -0.493. The maximum absolute atomic E-state index is 10.7. The summed E-state index contributed by atoms with van der Waals surface area (Å²) >= 11 is 0. The maximum Gasteiger partial charge on any atom is 0.269 e. The largest absolute Gasteiger partial charge is 0.364 e. The highest BCUT2D eigenvalue weighted by atomic mass is 16.1. The van der Waals surface area contributed by atoms with Crippen molar-refractivity contribution >= 4 is 5.91 Å². The fourth-order valence-corrected chi connectivity index (χ4v) is 0.973. The first-order chi connectivity index (χ1) is 5.65. The Kier molecular flexibility index (Phi) is 2.44. The summed E-state index contributed by atoms with van der Waals surface area (Å²) in [6.07, 6.45) is 0. The highest BCUT2D eigenvalue weighted by molar-refractivity contribution is 5.90.